The van der Waals surface area contributed by atoms with E-state index < -0.39 is 62.1 Å². The zero-order valence-corrected chi connectivity index (χ0v) is 41.0. The van der Waals surface area contributed by atoms with Crippen molar-refractivity contribution in [3.63, 3.8) is 0 Å². The van der Waals surface area contributed by atoms with Crippen LogP contribution in [0.1, 0.15) is 83.8 Å². The first kappa shape index (κ1) is 49.7. The van der Waals surface area contributed by atoms with E-state index in [2.05, 4.69) is 24.3 Å². The summed E-state index contributed by atoms with van der Waals surface area (Å²) >= 11 is 7.16. The van der Waals surface area contributed by atoms with E-state index in [0.29, 0.717) is 42.3 Å². The smallest absolute Gasteiger partial charge is 0.264 e. The fourth-order valence-corrected chi connectivity index (χ4v) is 10.9. The summed E-state index contributed by atoms with van der Waals surface area (Å²) in [6.07, 6.45) is 13.1. The summed E-state index contributed by atoms with van der Waals surface area (Å²) in [5, 5.41) is 10.1. The number of hydrogen-bond donors (Lipinski definition) is 2. The van der Waals surface area contributed by atoms with Crippen molar-refractivity contribution in [2.45, 2.75) is 93.3 Å². The van der Waals surface area contributed by atoms with Gasteiger partial charge in [-0.05, 0) is 121 Å². The van der Waals surface area contributed by atoms with Crippen molar-refractivity contribution in [2.24, 2.45) is 0 Å². The number of hydrogen-bond acceptors (Lipinski definition) is 10. The molecule has 2 aliphatic heterocycles. The average molecular weight is 987 g/mol. The third-order valence-corrected chi connectivity index (χ3v) is 15.8. The molecule has 0 aromatic heterocycles. The average Bonchev–Trinajstić information content (AvgIpc) is 3.47. The van der Waals surface area contributed by atoms with Crippen molar-refractivity contribution in [3.05, 3.63) is 93.7 Å². The molecule has 0 saturated heterocycles. The maximum Gasteiger partial charge on any atom is 0.264 e. The van der Waals surface area contributed by atoms with Crippen LogP contribution in [0.25, 0.3) is 0 Å². The minimum Gasteiger partial charge on any atom is -0.748 e. The maximum atomic E-state index is 12.9. The Morgan fingerprint density at radius 1 is 0.864 bits per heavy atom. The van der Waals surface area contributed by atoms with Crippen LogP contribution in [-0.4, -0.2) is 96.6 Å². The van der Waals surface area contributed by atoms with Crippen molar-refractivity contribution in [1.82, 2.24) is 0 Å². The van der Waals surface area contributed by atoms with Crippen molar-refractivity contribution in [1.29, 1.82) is 0 Å². The monoisotopic (exact) mass is 985 g/mol. The minimum atomic E-state index is -4.38. The summed E-state index contributed by atoms with van der Waals surface area (Å²) in [4.78, 5) is 2.64. The zero-order valence-electron chi connectivity index (χ0n) is 34.1. The molecule has 18 heteroatoms. The number of halogens is 1. The third-order valence-electron chi connectivity index (χ3n) is 11.2. The van der Waals surface area contributed by atoms with E-state index in [0.717, 1.165) is 57.9 Å². The number of sulfone groups is 1. The predicted octanol–water partition coefficient (Wildman–Crippen LogP) is 6.32. The Morgan fingerprint density at radius 2 is 1.51 bits per heavy atom. The second-order valence-corrected chi connectivity index (χ2v) is 24.2. The molecule has 0 saturated carbocycles. The van der Waals surface area contributed by atoms with Gasteiger partial charge in [0.2, 0.25) is 15.5 Å². The second-order valence-electron chi connectivity index (χ2n) is 16.3. The van der Waals surface area contributed by atoms with Gasteiger partial charge in [-0.25, -0.2) is 16.8 Å². The van der Waals surface area contributed by atoms with Gasteiger partial charge in [-0.2, -0.15) is 13.0 Å². The molecule has 321 valence electrons. The van der Waals surface area contributed by atoms with Crippen LogP contribution in [-0.2, 0) is 83.1 Å². The molecular weight excluding hydrogens is 933 g/mol. The van der Waals surface area contributed by atoms with E-state index >= 15 is 0 Å². The molecule has 5 rings (SSSR count). The molecule has 0 fully saturated rings. The summed E-state index contributed by atoms with van der Waals surface area (Å²) in [7, 11) is -14.9. The molecule has 3 aliphatic rings. The van der Waals surface area contributed by atoms with Crippen LogP contribution < -0.4 is 4.90 Å². The van der Waals surface area contributed by atoms with Crippen LogP contribution >= 0.6 is 11.6 Å². The molecule has 2 N–H and O–H groups in total. The number of unbranched alkanes of at least 4 members (excludes halogenated alkanes) is 2. The van der Waals surface area contributed by atoms with Crippen LogP contribution in [0.4, 0.5) is 11.4 Å². The fourth-order valence-electron chi connectivity index (χ4n) is 8.00. The van der Waals surface area contributed by atoms with Crippen LogP contribution in [0.3, 0.4) is 0 Å². The predicted molar refractivity (Wildman–Crippen MR) is 231 cm³/mol. The van der Waals surface area contributed by atoms with E-state index in [1.165, 1.54) is 6.07 Å². The number of rotatable bonds is 16. The SMILES string of the molecule is C=S(C)(=O)c1ccc2c(c1)C(C)(C)C(C=CC1=C(Cl)C(=CC=C3N(CCCCS(=O)(=O)[O-])c4ccc(S(=O)(=O)CO)cc4C3(C)C)CCC1)=[N+]2CCCCS(=O)(=O)O.[Y]. The van der Waals surface area contributed by atoms with Gasteiger partial charge in [0.25, 0.3) is 10.1 Å². The molecule has 1 atom stereocenters. The molecule has 0 amide bonds. The first-order chi connectivity index (χ1) is 26.8. The van der Waals surface area contributed by atoms with E-state index in [1.807, 2.05) is 61.3 Å². The first-order valence-electron chi connectivity index (χ1n) is 19.0. The Bertz CT molecular complexity index is 2590. The van der Waals surface area contributed by atoms with Gasteiger partial charge < -0.3 is 14.6 Å². The molecule has 1 aliphatic carbocycles. The van der Waals surface area contributed by atoms with Crippen LogP contribution in [0.2, 0.25) is 0 Å². The fraction of sp³-hybridized carbons (Fsp3) is 0.463. The second kappa shape index (κ2) is 18.8. The van der Waals surface area contributed by atoms with Gasteiger partial charge in [-0.15, -0.1) is 0 Å². The number of aliphatic hydroxyl groups excluding tert-OH is 1. The molecule has 2 heterocycles. The number of aliphatic hydroxyl groups is 1. The van der Waals surface area contributed by atoms with Crippen molar-refractivity contribution in [3.8, 4) is 0 Å². The number of allylic oxidation sites excluding steroid dienone is 8. The Morgan fingerprint density at radius 3 is 2.14 bits per heavy atom. The van der Waals surface area contributed by atoms with Crippen LogP contribution in [0.15, 0.2) is 92.4 Å². The maximum absolute atomic E-state index is 12.9. The summed E-state index contributed by atoms with van der Waals surface area (Å²) in [6.45, 7) is 8.95. The Balaban J connectivity index is 0.00000769. The standard InChI is InChI=1S/C41H53ClN2O10S4.Y/c1-40(2)33-26-31(55(5,6)46)16-18-35(33)43(22-7-9-24-57(49,50)51)37(40)20-14-29-12-11-13-30(39(29)42)15-21-38-41(3,4)34-27-32(56(47,48)28-45)17-19-36(34)44(38)23-8-10-25-58(52,53)54;/h14-21,26-27,45H,5,7-13,22-25,28H2,1-4,6H3,(H-,49,50,51,52,53,54);. The van der Waals surface area contributed by atoms with Gasteiger partial charge in [0.15, 0.2) is 5.71 Å². The minimum absolute atomic E-state index is 0. The summed E-state index contributed by atoms with van der Waals surface area (Å²) in [5.41, 5.74) is 5.71. The van der Waals surface area contributed by atoms with E-state index in [9.17, 15) is 43.7 Å². The largest absolute Gasteiger partial charge is 0.748 e. The quantitative estimate of drug-likeness (QED) is 0.0829. The van der Waals surface area contributed by atoms with Gasteiger partial charge in [0.05, 0.1) is 26.2 Å². The molecule has 0 spiro atoms. The number of nitrogens with zero attached hydrogens (tertiary/aromatic N) is 2. The van der Waals surface area contributed by atoms with Gasteiger partial charge in [0, 0.05) is 102 Å². The number of anilines is 1. The van der Waals surface area contributed by atoms with Gasteiger partial charge >= 0.3 is 0 Å². The Hall–Kier alpha value is -1.99. The van der Waals surface area contributed by atoms with Crippen molar-refractivity contribution in [2.75, 3.05) is 41.7 Å². The summed E-state index contributed by atoms with van der Waals surface area (Å²) in [6, 6.07) is 10.4. The van der Waals surface area contributed by atoms with Gasteiger partial charge in [0.1, 0.15) is 12.5 Å². The molecule has 1 unspecified atom stereocenters. The molecule has 2 aromatic rings. The number of fused-ring (bicyclic) bond motifs is 2. The Kier molecular flexibility index (Phi) is 15.8. The first-order valence-corrected chi connectivity index (χ1v) is 26.4. The molecular formula is C41H53ClN2O10S4Y. The third kappa shape index (κ3) is 11.5. The van der Waals surface area contributed by atoms with E-state index in [1.54, 1.807) is 18.4 Å². The van der Waals surface area contributed by atoms with Crippen LogP contribution in [0.5, 0.6) is 0 Å². The van der Waals surface area contributed by atoms with Crippen molar-refractivity contribution >= 4 is 74.2 Å². The molecule has 2 aromatic carbocycles. The van der Waals surface area contributed by atoms with Gasteiger partial charge in [-0.1, -0.05) is 37.6 Å². The van der Waals surface area contributed by atoms with E-state index in [-0.39, 0.29) is 56.2 Å². The molecule has 1 radical (unpaired) electrons. The summed E-state index contributed by atoms with van der Waals surface area (Å²) in [5.74, 6) is 2.01. The zero-order chi connectivity index (χ0) is 43.1. The normalized spacial score (nSPS) is 20.3. The topological polar surface area (TPSA) is 189 Å². The number of benzene rings is 2. The molecule has 12 nitrogen and oxygen atoms in total. The van der Waals surface area contributed by atoms with Crippen LogP contribution in [0, 0.1) is 0 Å². The van der Waals surface area contributed by atoms with Crippen molar-refractivity contribution < 1.29 is 81.0 Å². The van der Waals surface area contributed by atoms with Gasteiger partial charge in [-0.3, -0.25) is 8.76 Å². The Labute approximate surface area is 380 Å². The molecule has 0 bridgehead atoms. The molecule has 59 heavy (non-hydrogen) atoms. The summed E-state index contributed by atoms with van der Waals surface area (Å²) < 4.78 is 106. The van der Waals surface area contributed by atoms with E-state index in [4.69, 9.17) is 11.6 Å².